The van der Waals surface area contributed by atoms with Gasteiger partial charge in [-0.1, -0.05) is 25.7 Å². The SMILES string of the molecule is C=CC/N=C\C=C(/C=C)CC. The maximum atomic E-state index is 4.06. The average Bonchev–Trinajstić information content (AvgIpc) is 2.05. The van der Waals surface area contributed by atoms with Crippen molar-refractivity contribution in [1.29, 1.82) is 0 Å². The van der Waals surface area contributed by atoms with Gasteiger partial charge in [0.05, 0.1) is 6.54 Å². The first-order chi connectivity index (χ1) is 5.35. The summed E-state index contributed by atoms with van der Waals surface area (Å²) in [5.41, 5.74) is 1.21. The molecule has 0 aliphatic carbocycles. The Labute approximate surface area is 68.9 Å². The fraction of sp³-hybridized carbons (Fsp3) is 0.300. The highest BCUT2D eigenvalue weighted by atomic mass is 14.7. The Morgan fingerprint density at radius 1 is 1.45 bits per heavy atom. The summed E-state index contributed by atoms with van der Waals surface area (Å²) in [7, 11) is 0. The molecule has 0 rings (SSSR count). The number of hydrogen-bond acceptors (Lipinski definition) is 1. The smallest absolute Gasteiger partial charge is 0.0567 e. The zero-order valence-electron chi connectivity index (χ0n) is 7.09. The van der Waals surface area contributed by atoms with Crippen molar-refractivity contribution in [2.45, 2.75) is 13.3 Å². The molecule has 0 aliphatic rings. The molecular formula is C10H15N. The molecule has 0 aromatic carbocycles. The molecule has 0 saturated carbocycles. The van der Waals surface area contributed by atoms with Crippen LogP contribution < -0.4 is 0 Å². The number of allylic oxidation sites excluding steroid dienone is 3. The molecule has 0 spiro atoms. The van der Waals surface area contributed by atoms with Crippen LogP contribution in [0.25, 0.3) is 0 Å². The van der Waals surface area contributed by atoms with E-state index in [4.69, 9.17) is 0 Å². The maximum Gasteiger partial charge on any atom is 0.0567 e. The van der Waals surface area contributed by atoms with Crippen LogP contribution in [-0.4, -0.2) is 12.8 Å². The van der Waals surface area contributed by atoms with E-state index >= 15 is 0 Å². The molecule has 0 heterocycles. The first kappa shape index (κ1) is 9.89. The Kier molecular flexibility index (Phi) is 6.30. The van der Waals surface area contributed by atoms with Gasteiger partial charge in [0.1, 0.15) is 0 Å². The van der Waals surface area contributed by atoms with Crippen LogP contribution in [-0.2, 0) is 0 Å². The van der Waals surface area contributed by atoms with Crippen LogP contribution in [0.2, 0.25) is 0 Å². The fourth-order valence-electron chi connectivity index (χ4n) is 0.614. The first-order valence-corrected chi connectivity index (χ1v) is 3.77. The molecule has 0 N–H and O–H groups in total. The fourth-order valence-corrected chi connectivity index (χ4v) is 0.614. The van der Waals surface area contributed by atoms with Gasteiger partial charge in [0.25, 0.3) is 0 Å². The second-order valence-electron chi connectivity index (χ2n) is 2.10. The lowest BCUT2D eigenvalue weighted by atomic mass is 10.2. The van der Waals surface area contributed by atoms with Gasteiger partial charge in [0.15, 0.2) is 0 Å². The number of nitrogens with zero attached hydrogens (tertiary/aromatic N) is 1. The van der Waals surface area contributed by atoms with Crippen LogP contribution in [0.4, 0.5) is 0 Å². The summed E-state index contributed by atoms with van der Waals surface area (Å²) in [6.45, 7) is 10.0. The predicted octanol–water partition coefficient (Wildman–Crippen LogP) is 2.77. The Hall–Kier alpha value is -1.11. The molecule has 0 unspecified atom stereocenters. The molecule has 60 valence electrons. The molecule has 11 heavy (non-hydrogen) atoms. The normalized spacial score (nSPS) is 11.9. The lowest BCUT2D eigenvalue weighted by molar-refractivity contribution is 1.15. The summed E-state index contributed by atoms with van der Waals surface area (Å²) >= 11 is 0. The van der Waals surface area contributed by atoms with E-state index in [1.165, 1.54) is 5.57 Å². The van der Waals surface area contributed by atoms with Crippen LogP contribution in [0.15, 0.2) is 42.0 Å². The summed E-state index contributed by atoms with van der Waals surface area (Å²) in [5.74, 6) is 0. The Balaban J connectivity index is 3.86. The van der Waals surface area contributed by atoms with E-state index in [0.29, 0.717) is 6.54 Å². The second kappa shape index (κ2) is 7.00. The summed E-state index contributed by atoms with van der Waals surface area (Å²) in [6, 6.07) is 0. The van der Waals surface area contributed by atoms with E-state index in [2.05, 4.69) is 25.1 Å². The molecule has 0 aliphatic heterocycles. The molecule has 0 amide bonds. The Morgan fingerprint density at radius 3 is 2.64 bits per heavy atom. The summed E-state index contributed by atoms with van der Waals surface area (Å²) < 4.78 is 0. The minimum atomic E-state index is 0.685. The predicted molar refractivity (Wildman–Crippen MR) is 52.1 cm³/mol. The van der Waals surface area contributed by atoms with Crippen LogP contribution in [0.1, 0.15) is 13.3 Å². The maximum absolute atomic E-state index is 4.06. The van der Waals surface area contributed by atoms with Crippen LogP contribution >= 0.6 is 0 Å². The topological polar surface area (TPSA) is 12.4 Å². The molecule has 0 radical (unpaired) electrons. The van der Waals surface area contributed by atoms with Crippen LogP contribution in [0.5, 0.6) is 0 Å². The molecule has 0 bridgehead atoms. The lowest BCUT2D eigenvalue weighted by Crippen LogP contribution is -1.76. The van der Waals surface area contributed by atoms with Crippen molar-refractivity contribution in [3.8, 4) is 0 Å². The molecule has 0 aromatic rings. The van der Waals surface area contributed by atoms with Crippen molar-refractivity contribution in [1.82, 2.24) is 0 Å². The molecule has 1 nitrogen and oxygen atoms in total. The van der Waals surface area contributed by atoms with Gasteiger partial charge < -0.3 is 0 Å². The van der Waals surface area contributed by atoms with E-state index in [0.717, 1.165) is 6.42 Å². The molecule has 0 fully saturated rings. The second-order valence-corrected chi connectivity index (χ2v) is 2.10. The van der Waals surface area contributed by atoms with Gasteiger partial charge in [-0.15, -0.1) is 6.58 Å². The van der Waals surface area contributed by atoms with Crippen molar-refractivity contribution < 1.29 is 0 Å². The standard InChI is InChI=1S/C10H15N/c1-4-8-11-9-7-10(5-2)6-3/h4-5,7,9H,1-2,6,8H2,3H3/b10-7+,11-9-. The molecular weight excluding hydrogens is 134 g/mol. The number of aliphatic imine (C=N–C) groups is 1. The summed E-state index contributed by atoms with van der Waals surface area (Å²) in [6.07, 6.45) is 8.38. The summed E-state index contributed by atoms with van der Waals surface area (Å²) in [5, 5.41) is 0. The monoisotopic (exact) mass is 149 g/mol. The van der Waals surface area contributed by atoms with Gasteiger partial charge in [-0.3, -0.25) is 4.99 Å². The van der Waals surface area contributed by atoms with E-state index in [-0.39, 0.29) is 0 Å². The highest BCUT2D eigenvalue weighted by Gasteiger charge is 1.81. The third-order valence-electron chi connectivity index (χ3n) is 1.30. The van der Waals surface area contributed by atoms with Crippen molar-refractivity contribution in [2.24, 2.45) is 4.99 Å². The van der Waals surface area contributed by atoms with Crippen molar-refractivity contribution in [2.75, 3.05) is 6.54 Å². The van der Waals surface area contributed by atoms with Gasteiger partial charge in [-0.2, -0.15) is 0 Å². The van der Waals surface area contributed by atoms with Crippen molar-refractivity contribution in [3.63, 3.8) is 0 Å². The van der Waals surface area contributed by atoms with Gasteiger partial charge in [0.2, 0.25) is 0 Å². The number of rotatable bonds is 5. The van der Waals surface area contributed by atoms with Crippen molar-refractivity contribution in [3.05, 3.63) is 37.0 Å². The summed E-state index contributed by atoms with van der Waals surface area (Å²) in [4.78, 5) is 4.06. The Morgan fingerprint density at radius 2 is 2.18 bits per heavy atom. The largest absolute Gasteiger partial charge is 0.289 e. The van der Waals surface area contributed by atoms with E-state index < -0.39 is 0 Å². The number of hydrogen-bond donors (Lipinski definition) is 0. The lowest BCUT2D eigenvalue weighted by Gasteiger charge is -1.90. The van der Waals surface area contributed by atoms with Gasteiger partial charge in [-0.25, -0.2) is 0 Å². The zero-order chi connectivity index (χ0) is 8.53. The third-order valence-corrected chi connectivity index (χ3v) is 1.30. The molecule has 0 saturated heterocycles. The third kappa shape index (κ3) is 5.34. The first-order valence-electron chi connectivity index (χ1n) is 3.77. The van der Waals surface area contributed by atoms with E-state index in [1.807, 2.05) is 12.2 Å². The molecule has 0 aromatic heterocycles. The average molecular weight is 149 g/mol. The Bertz CT molecular complexity index is 175. The molecule has 1 heteroatoms. The zero-order valence-corrected chi connectivity index (χ0v) is 7.09. The highest BCUT2D eigenvalue weighted by molar-refractivity contribution is 5.72. The van der Waals surface area contributed by atoms with Gasteiger partial charge in [-0.05, 0) is 18.1 Å². The van der Waals surface area contributed by atoms with Gasteiger partial charge >= 0.3 is 0 Å². The molecule has 0 atom stereocenters. The van der Waals surface area contributed by atoms with Crippen LogP contribution in [0, 0.1) is 0 Å². The quantitative estimate of drug-likeness (QED) is 0.324. The van der Waals surface area contributed by atoms with E-state index in [1.54, 1.807) is 12.3 Å². The van der Waals surface area contributed by atoms with Gasteiger partial charge in [0, 0.05) is 6.21 Å². The minimum absolute atomic E-state index is 0.685. The highest BCUT2D eigenvalue weighted by Crippen LogP contribution is 1.98. The minimum Gasteiger partial charge on any atom is -0.289 e. The van der Waals surface area contributed by atoms with E-state index in [9.17, 15) is 0 Å². The van der Waals surface area contributed by atoms with Crippen molar-refractivity contribution >= 4 is 6.21 Å². The van der Waals surface area contributed by atoms with Crippen LogP contribution in [0.3, 0.4) is 0 Å².